The second-order valence-corrected chi connectivity index (χ2v) is 12.5. The van der Waals surface area contributed by atoms with Crippen LogP contribution < -0.4 is 32.7 Å². The number of carboxylic acids is 2. The molecule has 2 aliphatic rings. The Bertz CT molecular complexity index is 1890. The number of aliphatic carboxylic acids is 2. The number of rotatable bonds is 17. The third-order valence-electron chi connectivity index (χ3n) is 8.71. The van der Waals surface area contributed by atoms with Gasteiger partial charge in [-0.2, -0.15) is 0 Å². The fraction of sp³-hybridized carbons (Fsp3) is 0.371. The van der Waals surface area contributed by atoms with Crippen LogP contribution in [0.3, 0.4) is 0 Å². The molecule has 2 aromatic rings. The van der Waals surface area contributed by atoms with Gasteiger partial charge in [0, 0.05) is 36.2 Å². The fourth-order valence-corrected chi connectivity index (χ4v) is 6.13. The molecular formula is C35H40N8O11. The number of benzene rings is 2. The van der Waals surface area contributed by atoms with E-state index in [1.807, 2.05) is 0 Å². The number of likely N-dealkylation sites (tertiary alicyclic amines) is 1. The topological polar surface area (TPSA) is 310 Å². The zero-order valence-corrected chi connectivity index (χ0v) is 29.0. The van der Waals surface area contributed by atoms with Gasteiger partial charge in [-0.05, 0) is 55.4 Å². The van der Waals surface area contributed by atoms with Gasteiger partial charge in [-0.25, -0.2) is 0 Å². The van der Waals surface area contributed by atoms with Crippen LogP contribution in [0.4, 0.5) is 0 Å². The highest BCUT2D eigenvalue weighted by molar-refractivity contribution is 6.53. The average Bonchev–Trinajstić information content (AvgIpc) is 3.64. The van der Waals surface area contributed by atoms with Crippen molar-refractivity contribution in [2.75, 3.05) is 26.2 Å². The van der Waals surface area contributed by atoms with Crippen molar-refractivity contribution in [1.29, 1.82) is 0 Å². The standard InChI is InChI=1S/C35H40N8O11/c36-35(37)38-13-3-7-24(34(54)43-14-4-8-25(43)33(53)42-23(11-12-27(45)46)32(52)40-17-28(47)48)41-26(44)16-39-31(51)18-9-10-20-19-5-1-2-6-21(19)29(49)30(50)22(20)15-18/h1-2,5-6,9-10,15,23-25H,3-4,7-8,11-14,16-17H2,(H,39,51)(H,40,52)(H,41,44)(H,42,53)(H,45,46)(H,47,48)(H4,36,37,38)/t23-,24-,25-/m0/s1. The number of hydrogen-bond acceptors (Lipinski definition) is 10. The van der Waals surface area contributed by atoms with Gasteiger partial charge in [0.05, 0.1) is 6.54 Å². The summed E-state index contributed by atoms with van der Waals surface area (Å²) in [5.41, 5.74) is 12.1. The van der Waals surface area contributed by atoms with Gasteiger partial charge >= 0.3 is 11.9 Å². The predicted octanol–water partition coefficient (Wildman–Crippen LogP) is -1.46. The summed E-state index contributed by atoms with van der Waals surface area (Å²) in [7, 11) is 0. The number of carbonyl (C=O) groups excluding carboxylic acids is 7. The maximum absolute atomic E-state index is 13.9. The van der Waals surface area contributed by atoms with Crippen LogP contribution in [-0.2, 0) is 28.8 Å². The number of carbonyl (C=O) groups is 9. The highest BCUT2D eigenvalue weighted by atomic mass is 16.4. The summed E-state index contributed by atoms with van der Waals surface area (Å²) in [4.78, 5) is 119. The Hall–Kier alpha value is -6.66. The number of carboxylic acid groups (broad SMARTS) is 2. The van der Waals surface area contributed by atoms with E-state index in [0.717, 1.165) is 0 Å². The Morgan fingerprint density at radius 3 is 2.19 bits per heavy atom. The maximum atomic E-state index is 13.9. The van der Waals surface area contributed by atoms with Crippen LogP contribution in [-0.4, -0.2) is 118 Å². The van der Waals surface area contributed by atoms with E-state index >= 15 is 0 Å². The van der Waals surface area contributed by atoms with Gasteiger partial charge in [0.25, 0.3) is 5.91 Å². The number of aliphatic imine (C=N–C) groups is 1. The largest absolute Gasteiger partial charge is 0.481 e. The molecule has 0 radical (unpaired) electrons. The number of guanidine groups is 1. The van der Waals surface area contributed by atoms with E-state index in [2.05, 4.69) is 26.3 Å². The SMILES string of the molecule is NC(N)=NCCC[C@H](NC(=O)CNC(=O)c1ccc2c(c1)C(=O)C(=O)c1ccccc1-2)C(=O)N1CCC[C@H]1C(=O)N[C@@H](CCC(=O)O)C(=O)NCC(=O)O. The zero-order valence-electron chi connectivity index (χ0n) is 29.0. The molecule has 0 aromatic heterocycles. The quantitative estimate of drug-likeness (QED) is 0.0398. The molecule has 54 heavy (non-hydrogen) atoms. The molecule has 0 saturated carbocycles. The third kappa shape index (κ3) is 10.2. The highest BCUT2D eigenvalue weighted by Gasteiger charge is 2.39. The first-order chi connectivity index (χ1) is 25.7. The molecule has 0 bridgehead atoms. The lowest BCUT2D eigenvalue weighted by Gasteiger charge is -2.30. The molecule has 3 atom stereocenters. The number of nitrogens with one attached hydrogen (secondary N) is 4. The molecule has 0 unspecified atom stereocenters. The first kappa shape index (κ1) is 40.1. The summed E-state index contributed by atoms with van der Waals surface area (Å²) >= 11 is 0. The number of Topliss-reactive ketones (excluding diaryl/α,β-unsaturated/α-hetero) is 2. The van der Waals surface area contributed by atoms with Crippen LogP contribution in [0.2, 0.25) is 0 Å². The molecule has 286 valence electrons. The molecular weight excluding hydrogens is 708 g/mol. The Labute approximate surface area is 307 Å². The van der Waals surface area contributed by atoms with Gasteiger partial charge in [-0.1, -0.05) is 30.3 Å². The minimum Gasteiger partial charge on any atom is -0.481 e. The van der Waals surface area contributed by atoms with Crippen molar-refractivity contribution < 1.29 is 53.4 Å². The lowest BCUT2D eigenvalue weighted by atomic mass is 9.83. The van der Waals surface area contributed by atoms with E-state index in [1.165, 1.54) is 23.1 Å². The van der Waals surface area contributed by atoms with Crippen molar-refractivity contribution in [2.24, 2.45) is 16.5 Å². The van der Waals surface area contributed by atoms with E-state index < -0.39 is 90.7 Å². The average molecular weight is 749 g/mol. The molecule has 19 nitrogen and oxygen atoms in total. The monoisotopic (exact) mass is 748 g/mol. The maximum Gasteiger partial charge on any atom is 0.322 e. The minimum absolute atomic E-state index is 0.0103. The van der Waals surface area contributed by atoms with Gasteiger partial charge in [0.15, 0.2) is 5.96 Å². The minimum atomic E-state index is -1.41. The number of ketones is 2. The Morgan fingerprint density at radius 1 is 0.815 bits per heavy atom. The molecule has 19 heteroatoms. The second-order valence-electron chi connectivity index (χ2n) is 12.5. The van der Waals surface area contributed by atoms with Crippen LogP contribution in [0.1, 0.15) is 69.6 Å². The summed E-state index contributed by atoms with van der Waals surface area (Å²) in [5, 5.41) is 27.5. The molecule has 1 fully saturated rings. The number of amides is 5. The molecule has 2 aromatic carbocycles. The lowest BCUT2D eigenvalue weighted by molar-refractivity contribution is -0.143. The van der Waals surface area contributed by atoms with E-state index in [1.54, 1.807) is 24.3 Å². The third-order valence-corrected chi connectivity index (χ3v) is 8.71. The highest BCUT2D eigenvalue weighted by Crippen LogP contribution is 2.33. The number of nitrogens with zero attached hydrogens (tertiary/aromatic N) is 2. The van der Waals surface area contributed by atoms with Crippen molar-refractivity contribution in [3.8, 4) is 11.1 Å². The first-order valence-corrected chi connectivity index (χ1v) is 17.0. The molecule has 0 spiro atoms. The number of hydrogen-bond donors (Lipinski definition) is 8. The summed E-state index contributed by atoms with van der Waals surface area (Å²) in [5.74, 6) is -8.15. The normalized spacial score (nSPS) is 15.5. The summed E-state index contributed by atoms with van der Waals surface area (Å²) in [6.45, 7) is -1.16. The predicted molar refractivity (Wildman–Crippen MR) is 189 cm³/mol. The van der Waals surface area contributed by atoms with Gasteiger partial charge < -0.3 is 47.8 Å². The van der Waals surface area contributed by atoms with Crippen LogP contribution in [0.25, 0.3) is 11.1 Å². The van der Waals surface area contributed by atoms with E-state index in [-0.39, 0.29) is 61.4 Å². The van der Waals surface area contributed by atoms with E-state index in [4.69, 9.17) is 21.7 Å². The van der Waals surface area contributed by atoms with Crippen LogP contribution in [0.5, 0.6) is 0 Å². The van der Waals surface area contributed by atoms with E-state index in [9.17, 15) is 43.2 Å². The van der Waals surface area contributed by atoms with Crippen molar-refractivity contribution in [2.45, 2.75) is 56.7 Å². The fourth-order valence-electron chi connectivity index (χ4n) is 6.13. The van der Waals surface area contributed by atoms with Crippen molar-refractivity contribution >= 4 is 59.0 Å². The van der Waals surface area contributed by atoms with Gasteiger partial charge in [0.2, 0.25) is 35.2 Å². The molecule has 1 aliphatic carbocycles. The second kappa shape index (κ2) is 18.2. The number of fused-ring (bicyclic) bond motifs is 3. The van der Waals surface area contributed by atoms with Gasteiger partial charge in [-0.3, -0.25) is 48.1 Å². The molecule has 1 aliphatic heterocycles. The Kier molecular flexibility index (Phi) is 13.5. The smallest absolute Gasteiger partial charge is 0.322 e. The molecule has 1 heterocycles. The molecule has 1 saturated heterocycles. The van der Waals surface area contributed by atoms with Crippen molar-refractivity contribution in [3.05, 3.63) is 59.2 Å². The number of nitrogens with two attached hydrogens (primary N) is 2. The first-order valence-electron chi connectivity index (χ1n) is 17.0. The van der Waals surface area contributed by atoms with Crippen LogP contribution in [0.15, 0.2) is 47.5 Å². The lowest BCUT2D eigenvalue weighted by Crippen LogP contribution is -2.57. The molecule has 5 amide bonds. The summed E-state index contributed by atoms with van der Waals surface area (Å²) < 4.78 is 0. The zero-order chi connectivity index (χ0) is 39.5. The summed E-state index contributed by atoms with van der Waals surface area (Å²) in [6.07, 6.45) is -0.0849. The van der Waals surface area contributed by atoms with Gasteiger partial charge in [-0.15, -0.1) is 0 Å². The molecule has 10 N–H and O–H groups in total. The Balaban J connectivity index is 1.44. The summed E-state index contributed by atoms with van der Waals surface area (Å²) in [6, 6.07) is 7.12. The Morgan fingerprint density at radius 2 is 1.50 bits per heavy atom. The van der Waals surface area contributed by atoms with Crippen molar-refractivity contribution in [1.82, 2.24) is 26.2 Å². The van der Waals surface area contributed by atoms with Crippen LogP contribution in [0, 0.1) is 0 Å². The van der Waals surface area contributed by atoms with Crippen LogP contribution >= 0.6 is 0 Å². The van der Waals surface area contributed by atoms with Crippen molar-refractivity contribution in [3.63, 3.8) is 0 Å². The molecule has 4 rings (SSSR count). The van der Waals surface area contributed by atoms with E-state index in [0.29, 0.717) is 17.5 Å². The van der Waals surface area contributed by atoms with Gasteiger partial charge in [0.1, 0.15) is 24.7 Å².